The molecule has 0 spiro atoms. The second-order valence-electron chi connectivity index (χ2n) is 7.25. The first kappa shape index (κ1) is 18.5. The number of likely N-dealkylation sites (tertiary alicyclic amines) is 1. The van der Waals surface area contributed by atoms with Crippen molar-refractivity contribution in [3.05, 3.63) is 23.2 Å². The molecule has 0 N–H and O–H groups in total. The van der Waals surface area contributed by atoms with Crippen LogP contribution >= 0.6 is 0 Å². The van der Waals surface area contributed by atoms with Gasteiger partial charge in [-0.2, -0.15) is 0 Å². The number of amides is 3. The Bertz CT molecular complexity index is 704. The van der Waals surface area contributed by atoms with Crippen molar-refractivity contribution in [1.82, 2.24) is 14.7 Å². The number of nitrogens with zero attached hydrogens (tertiary/aromatic N) is 3. The highest BCUT2D eigenvalue weighted by Crippen LogP contribution is 2.23. The number of furan rings is 1. The second kappa shape index (κ2) is 7.51. The molecule has 2 aliphatic rings. The molecule has 0 aromatic carbocycles. The predicted octanol–water partition coefficient (Wildman–Crippen LogP) is 1.44. The summed E-state index contributed by atoms with van der Waals surface area (Å²) in [4.78, 5) is 42.5. The van der Waals surface area contributed by atoms with Gasteiger partial charge in [0.25, 0.3) is 5.91 Å². The molecule has 26 heavy (non-hydrogen) atoms. The van der Waals surface area contributed by atoms with Gasteiger partial charge < -0.3 is 19.1 Å². The van der Waals surface area contributed by atoms with Crippen LogP contribution in [0.1, 0.15) is 41.6 Å². The van der Waals surface area contributed by atoms with Gasteiger partial charge >= 0.3 is 0 Å². The van der Waals surface area contributed by atoms with Crippen LogP contribution in [-0.4, -0.2) is 71.7 Å². The van der Waals surface area contributed by atoms with E-state index in [1.165, 1.54) is 0 Å². The average Bonchev–Trinajstić information content (AvgIpc) is 2.98. The summed E-state index contributed by atoms with van der Waals surface area (Å²) in [5.41, 5.74) is 0.589. The summed E-state index contributed by atoms with van der Waals surface area (Å²) >= 11 is 0. The third-order valence-electron chi connectivity index (χ3n) is 5.37. The van der Waals surface area contributed by atoms with Crippen molar-refractivity contribution < 1.29 is 18.8 Å². The maximum absolute atomic E-state index is 12.9. The van der Waals surface area contributed by atoms with Gasteiger partial charge in [-0.15, -0.1) is 0 Å². The van der Waals surface area contributed by atoms with E-state index in [0.717, 1.165) is 18.6 Å². The minimum absolute atomic E-state index is 0.0531. The quantitative estimate of drug-likeness (QED) is 0.799. The number of piperazine rings is 1. The molecular weight excluding hydrogens is 334 g/mol. The maximum atomic E-state index is 12.9. The SMILES string of the molecule is CC(=O)N1CCN(C(=O)[C@@H]2CCCN(C(=O)c3cc(C)oc3C)C2)CC1. The van der Waals surface area contributed by atoms with E-state index >= 15 is 0 Å². The molecule has 7 heteroatoms. The molecule has 3 heterocycles. The number of piperidine rings is 1. The zero-order valence-corrected chi connectivity index (χ0v) is 15.8. The lowest BCUT2D eigenvalue weighted by molar-refractivity contribution is -0.142. The van der Waals surface area contributed by atoms with Gasteiger partial charge in [0.1, 0.15) is 11.5 Å². The van der Waals surface area contributed by atoms with E-state index < -0.39 is 0 Å². The lowest BCUT2D eigenvalue weighted by Crippen LogP contribution is -2.53. The molecule has 1 atom stereocenters. The molecule has 0 saturated carbocycles. The first-order chi connectivity index (χ1) is 12.4. The molecule has 2 fully saturated rings. The Hall–Kier alpha value is -2.31. The van der Waals surface area contributed by atoms with Crippen molar-refractivity contribution in [1.29, 1.82) is 0 Å². The molecule has 0 radical (unpaired) electrons. The summed E-state index contributed by atoms with van der Waals surface area (Å²) in [5.74, 6) is 1.28. The number of aryl methyl sites for hydroxylation is 2. The smallest absolute Gasteiger partial charge is 0.257 e. The standard InChI is InChI=1S/C19H27N3O4/c1-13-11-17(14(2)26-13)19(25)22-6-4-5-16(12-22)18(24)21-9-7-20(8-10-21)15(3)23/h11,16H,4-10,12H2,1-3H3/t16-/m1/s1. The van der Waals surface area contributed by atoms with Crippen LogP contribution in [-0.2, 0) is 9.59 Å². The Labute approximate surface area is 153 Å². The Kier molecular flexibility index (Phi) is 5.34. The normalized spacial score (nSPS) is 21.0. The van der Waals surface area contributed by atoms with Gasteiger partial charge in [0, 0.05) is 46.2 Å². The van der Waals surface area contributed by atoms with E-state index in [2.05, 4.69) is 0 Å². The number of carbonyl (C=O) groups is 3. The maximum Gasteiger partial charge on any atom is 0.257 e. The predicted molar refractivity (Wildman–Crippen MR) is 95.6 cm³/mol. The van der Waals surface area contributed by atoms with Gasteiger partial charge in [0.05, 0.1) is 11.5 Å². The summed E-state index contributed by atoms with van der Waals surface area (Å²) in [6.45, 7) is 8.62. The van der Waals surface area contributed by atoms with Crippen LogP contribution in [0.15, 0.2) is 10.5 Å². The lowest BCUT2D eigenvalue weighted by atomic mass is 9.95. The Morgan fingerprint density at radius 2 is 1.65 bits per heavy atom. The van der Waals surface area contributed by atoms with Crippen LogP contribution in [0.25, 0.3) is 0 Å². The molecule has 2 aliphatic heterocycles. The monoisotopic (exact) mass is 361 g/mol. The first-order valence-electron chi connectivity index (χ1n) is 9.27. The van der Waals surface area contributed by atoms with Crippen molar-refractivity contribution >= 4 is 17.7 Å². The molecule has 0 aliphatic carbocycles. The van der Waals surface area contributed by atoms with E-state index in [-0.39, 0.29) is 23.6 Å². The van der Waals surface area contributed by atoms with E-state index in [1.807, 2.05) is 11.8 Å². The van der Waals surface area contributed by atoms with E-state index in [0.29, 0.717) is 50.6 Å². The third-order valence-corrected chi connectivity index (χ3v) is 5.37. The van der Waals surface area contributed by atoms with Crippen LogP contribution in [0.3, 0.4) is 0 Å². The summed E-state index contributed by atoms with van der Waals surface area (Å²) in [5, 5.41) is 0. The molecule has 0 unspecified atom stereocenters. The van der Waals surface area contributed by atoms with Gasteiger partial charge in [0.15, 0.2) is 0 Å². The highest BCUT2D eigenvalue weighted by Gasteiger charge is 2.33. The van der Waals surface area contributed by atoms with Crippen LogP contribution in [0.4, 0.5) is 0 Å². The third kappa shape index (κ3) is 3.76. The molecule has 7 nitrogen and oxygen atoms in total. The first-order valence-corrected chi connectivity index (χ1v) is 9.27. The van der Waals surface area contributed by atoms with Crippen LogP contribution in [0, 0.1) is 19.8 Å². The number of rotatable bonds is 2. The molecule has 3 rings (SSSR count). The van der Waals surface area contributed by atoms with Gasteiger partial charge in [-0.05, 0) is 32.8 Å². The molecule has 1 aromatic heterocycles. The van der Waals surface area contributed by atoms with E-state index in [4.69, 9.17) is 4.42 Å². The van der Waals surface area contributed by atoms with E-state index in [9.17, 15) is 14.4 Å². The number of hydrogen-bond donors (Lipinski definition) is 0. The van der Waals surface area contributed by atoms with Crippen LogP contribution in [0.2, 0.25) is 0 Å². The molecule has 142 valence electrons. The van der Waals surface area contributed by atoms with Crippen LogP contribution in [0.5, 0.6) is 0 Å². The van der Waals surface area contributed by atoms with Crippen LogP contribution < -0.4 is 0 Å². The van der Waals surface area contributed by atoms with Crippen molar-refractivity contribution in [3.8, 4) is 0 Å². The Balaban J connectivity index is 1.61. The number of carbonyl (C=O) groups excluding carboxylic acids is 3. The lowest BCUT2D eigenvalue weighted by Gasteiger charge is -2.38. The molecule has 3 amide bonds. The number of hydrogen-bond acceptors (Lipinski definition) is 4. The highest BCUT2D eigenvalue weighted by atomic mass is 16.3. The van der Waals surface area contributed by atoms with Gasteiger partial charge in [0.2, 0.25) is 11.8 Å². The minimum Gasteiger partial charge on any atom is -0.466 e. The zero-order valence-electron chi connectivity index (χ0n) is 15.8. The second-order valence-corrected chi connectivity index (χ2v) is 7.25. The molecular formula is C19H27N3O4. The fraction of sp³-hybridized carbons (Fsp3) is 0.632. The average molecular weight is 361 g/mol. The van der Waals surface area contributed by atoms with Gasteiger partial charge in [-0.1, -0.05) is 0 Å². The highest BCUT2D eigenvalue weighted by molar-refractivity contribution is 5.95. The Morgan fingerprint density at radius 3 is 2.23 bits per heavy atom. The fourth-order valence-electron chi connectivity index (χ4n) is 3.88. The summed E-state index contributed by atoms with van der Waals surface area (Å²) in [7, 11) is 0. The van der Waals surface area contributed by atoms with Crippen molar-refractivity contribution in [3.63, 3.8) is 0 Å². The topological polar surface area (TPSA) is 74.1 Å². The minimum atomic E-state index is -0.162. The molecule has 1 aromatic rings. The van der Waals surface area contributed by atoms with Gasteiger partial charge in [-0.25, -0.2) is 0 Å². The summed E-state index contributed by atoms with van der Waals surface area (Å²) < 4.78 is 5.47. The largest absolute Gasteiger partial charge is 0.466 e. The summed E-state index contributed by atoms with van der Waals surface area (Å²) in [6, 6.07) is 1.77. The van der Waals surface area contributed by atoms with Crippen molar-refractivity contribution in [2.45, 2.75) is 33.6 Å². The van der Waals surface area contributed by atoms with Gasteiger partial charge in [-0.3, -0.25) is 14.4 Å². The summed E-state index contributed by atoms with van der Waals surface area (Å²) in [6.07, 6.45) is 1.63. The zero-order chi connectivity index (χ0) is 18.8. The van der Waals surface area contributed by atoms with Crippen molar-refractivity contribution in [2.75, 3.05) is 39.3 Å². The Morgan fingerprint density at radius 1 is 1.00 bits per heavy atom. The molecule has 0 bridgehead atoms. The fourth-order valence-corrected chi connectivity index (χ4v) is 3.88. The van der Waals surface area contributed by atoms with Crippen molar-refractivity contribution in [2.24, 2.45) is 5.92 Å². The molecule has 2 saturated heterocycles. The van der Waals surface area contributed by atoms with E-state index in [1.54, 1.807) is 29.7 Å².